The second kappa shape index (κ2) is 3.82. The van der Waals surface area contributed by atoms with Crippen molar-refractivity contribution >= 4 is 5.91 Å². The van der Waals surface area contributed by atoms with Crippen LogP contribution in [0.5, 0.6) is 0 Å². The standard InChI is InChI=1S/C15H19NO2/c1-15(2)8-11(15)14(18)16-13-10-6-4-3-5-9(10)7-12(13)17/h3-6,11-13,17H,7-8H2,1-2H3,(H,16,18)/t11?,12-,13+/m1/s1. The first-order chi connectivity index (χ1) is 8.49. The molecular weight excluding hydrogens is 226 g/mol. The van der Waals surface area contributed by atoms with Crippen molar-refractivity contribution in [1.29, 1.82) is 0 Å². The van der Waals surface area contributed by atoms with Gasteiger partial charge in [-0.3, -0.25) is 4.79 Å². The SMILES string of the molecule is CC1(C)CC1C(=O)N[C@H]1c2ccccc2C[C@H]1O. The zero-order valence-electron chi connectivity index (χ0n) is 10.8. The van der Waals surface area contributed by atoms with E-state index in [0.29, 0.717) is 6.42 Å². The van der Waals surface area contributed by atoms with E-state index in [2.05, 4.69) is 19.2 Å². The molecule has 0 saturated heterocycles. The highest BCUT2D eigenvalue weighted by Gasteiger charge is 2.51. The van der Waals surface area contributed by atoms with E-state index in [1.165, 1.54) is 0 Å². The van der Waals surface area contributed by atoms with Gasteiger partial charge in [-0.2, -0.15) is 0 Å². The van der Waals surface area contributed by atoms with E-state index in [1.54, 1.807) is 0 Å². The van der Waals surface area contributed by atoms with Crippen molar-refractivity contribution in [3.05, 3.63) is 35.4 Å². The normalized spacial score (nSPS) is 31.8. The van der Waals surface area contributed by atoms with Gasteiger partial charge in [-0.15, -0.1) is 0 Å². The van der Waals surface area contributed by atoms with Crippen LogP contribution in [0.4, 0.5) is 0 Å². The lowest BCUT2D eigenvalue weighted by Crippen LogP contribution is -2.35. The maximum absolute atomic E-state index is 12.1. The Morgan fingerprint density at radius 2 is 2.06 bits per heavy atom. The summed E-state index contributed by atoms with van der Waals surface area (Å²) >= 11 is 0. The molecular formula is C15H19NO2. The van der Waals surface area contributed by atoms with Gasteiger partial charge in [-0.1, -0.05) is 38.1 Å². The molecule has 96 valence electrons. The van der Waals surface area contributed by atoms with Crippen molar-refractivity contribution in [2.45, 2.75) is 38.8 Å². The minimum absolute atomic E-state index is 0.0840. The Bertz CT molecular complexity index is 495. The average molecular weight is 245 g/mol. The Kier molecular flexibility index (Phi) is 2.49. The molecule has 3 nitrogen and oxygen atoms in total. The Morgan fingerprint density at radius 3 is 2.72 bits per heavy atom. The highest BCUT2D eigenvalue weighted by Crippen LogP contribution is 2.52. The van der Waals surface area contributed by atoms with Crippen LogP contribution in [-0.4, -0.2) is 17.1 Å². The van der Waals surface area contributed by atoms with E-state index >= 15 is 0 Å². The van der Waals surface area contributed by atoms with Crippen molar-refractivity contribution in [1.82, 2.24) is 5.32 Å². The summed E-state index contributed by atoms with van der Waals surface area (Å²) in [6, 6.07) is 7.71. The molecule has 1 saturated carbocycles. The summed E-state index contributed by atoms with van der Waals surface area (Å²) in [6.07, 6.45) is 1.09. The number of rotatable bonds is 2. The van der Waals surface area contributed by atoms with Gasteiger partial charge >= 0.3 is 0 Å². The molecule has 18 heavy (non-hydrogen) atoms. The number of fused-ring (bicyclic) bond motifs is 1. The van der Waals surface area contributed by atoms with Crippen LogP contribution >= 0.6 is 0 Å². The van der Waals surface area contributed by atoms with E-state index in [9.17, 15) is 9.90 Å². The van der Waals surface area contributed by atoms with Gasteiger partial charge in [0.1, 0.15) is 0 Å². The van der Waals surface area contributed by atoms with Crippen molar-refractivity contribution in [3.8, 4) is 0 Å². The highest BCUT2D eigenvalue weighted by atomic mass is 16.3. The predicted octanol–water partition coefficient (Wildman–Crippen LogP) is 1.81. The first-order valence-electron chi connectivity index (χ1n) is 6.55. The number of hydrogen-bond donors (Lipinski definition) is 2. The molecule has 2 N–H and O–H groups in total. The van der Waals surface area contributed by atoms with Gasteiger partial charge in [0.2, 0.25) is 5.91 Å². The van der Waals surface area contributed by atoms with Gasteiger partial charge in [-0.05, 0) is 23.0 Å². The van der Waals surface area contributed by atoms with Crippen LogP contribution in [0.3, 0.4) is 0 Å². The summed E-state index contributed by atoms with van der Waals surface area (Å²) in [5.41, 5.74) is 2.34. The minimum atomic E-state index is -0.492. The van der Waals surface area contributed by atoms with E-state index < -0.39 is 6.10 Å². The number of hydrogen-bond acceptors (Lipinski definition) is 2. The number of carbonyl (C=O) groups excluding carboxylic acids is 1. The molecule has 3 heteroatoms. The third kappa shape index (κ3) is 1.83. The molecule has 0 heterocycles. The molecule has 1 unspecified atom stereocenters. The van der Waals surface area contributed by atoms with Gasteiger partial charge in [-0.25, -0.2) is 0 Å². The topological polar surface area (TPSA) is 49.3 Å². The Balaban J connectivity index is 1.76. The second-order valence-corrected chi connectivity index (χ2v) is 6.20. The molecule has 0 spiro atoms. The molecule has 1 aromatic carbocycles. The van der Waals surface area contributed by atoms with E-state index in [0.717, 1.165) is 17.5 Å². The Hall–Kier alpha value is -1.35. The Morgan fingerprint density at radius 1 is 1.39 bits per heavy atom. The highest BCUT2D eigenvalue weighted by molar-refractivity contribution is 5.83. The molecule has 2 aliphatic rings. The van der Waals surface area contributed by atoms with Crippen molar-refractivity contribution < 1.29 is 9.90 Å². The van der Waals surface area contributed by atoms with Crippen molar-refractivity contribution in [3.63, 3.8) is 0 Å². The fourth-order valence-corrected chi connectivity index (χ4v) is 2.92. The van der Waals surface area contributed by atoms with Crippen LogP contribution in [0.25, 0.3) is 0 Å². The third-order valence-corrected chi connectivity index (χ3v) is 4.33. The lowest BCUT2D eigenvalue weighted by Gasteiger charge is -2.18. The van der Waals surface area contributed by atoms with Gasteiger partial charge in [0.15, 0.2) is 0 Å². The molecule has 2 aliphatic carbocycles. The number of aliphatic hydroxyl groups is 1. The third-order valence-electron chi connectivity index (χ3n) is 4.33. The average Bonchev–Trinajstić information content (AvgIpc) is 2.84. The number of nitrogens with one attached hydrogen (secondary N) is 1. The fraction of sp³-hybridized carbons (Fsp3) is 0.533. The van der Waals surface area contributed by atoms with Gasteiger partial charge in [0.25, 0.3) is 0 Å². The zero-order chi connectivity index (χ0) is 12.9. The molecule has 0 aromatic heterocycles. The van der Waals surface area contributed by atoms with Gasteiger partial charge in [0.05, 0.1) is 12.1 Å². The zero-order valence-corrected chi connectivity index (χ0v) is 10.8. The van der Waals surface area contributed by atoms with Crippen molar-refractivity contribution in [2.75, 3.05) is 0 Å². The molecule has 1 amide bonds. The molecule has 3 rings (SSSR count). The molecule has 0 aliphatic heterocycles. The number of carbonyl (C=O) groups is 1. The molecule has 3 atom stereocenters. The van der Waals surface area contributed by atoms with Crippen LogP contribution < -0.4 is 5.32 Å². The van der Waals surface area contributed by atoms with Crippen LogP contribution in [0.15, 0.2) is 24.3 Å². The smallest absolute Gasteiger partial charge is 0.224 e. The molecule has 0 radical (unpaired) electrons. The van der Waals surface area contributed by atoms with Crippen molar-refractivity contribution in [2.24, 2.45) is 11.3 Å². The van der Waals surface area contributed by atoms with Gasteiger partial charge < -0.3 is 10.4 Å². The monoisotopic (exact) mass is 245 g/mol. The lowest BCUT2D eigenvalue weighted by atomic mass is 10.1. The summed E-state index contributed by atoms with van der Waals surface area (Å²) < 4.78 is 0. The molecule has 1 aromatic rings. The van der Waals surface area contributed by atoms with Gasteiger partial charge in [0, 0.05) is 12.3 Å². The van der Waals surface area contributed by atoms with E-state index in [-0.39, 0.29) is 23.3 Å². The maximum atomic E-state index is 12.1. The summed E-state index contributed by atoms with van der Waals surface area (Å²) in [7, 11) is 0. The van der Waals surface area contributed by atoms with Crippen LogP contribution in [0.2, 0.25) is 0 Å². The summed E-state index contributed by atoms with van der Waals surface area (Å²) in [6.45, 7) is 4.21. The first-order valence-corrected chi connectivity index (χ1v) is 6.55. The van der Waals surface area contributed by atoms with E-state index in [1.807, 2.05) is 24.3 Å². The molecule has 1 fully saturated rings. The lowest BCUT2D eigenvalue weighted by molar-refractivity contribution is -0.124. The summed E-state index contributed by atoms with van der Waals surface area (Å²) in [5, 5.41) is 13.1. The summed E-state index contributed by atoms with van der Waals surface area (Å²) in [4.78, 5) is 12.1. The maximum Gasteiger partial charge on any atom is 0.224 e. The number of benzene rings is 1. The quantitative estimate of drug-likeness (QED) is 0.835. The fourth-order valence-electron chi connectivity index (χ4n) is 2.92. The van der Waals surface area contributed by atoms with Crippen LogP contribution in [0, 0.1) is 11.3 Å². The second-order valence-electron chi connectivity index (χ2n) is 6.20. The number of aliphatic hydroxyl groups excluding tert-OH is 1. The summed E-state index contributed by atoms with van der Waals surface area (Å²) in [5.74, 6) is 0.193. The van der Waals surface area contributed by atoms with Crippen LogP contribution in [-0.2, 0) is 11.2 Å². The predicted molar refractivity (Wildman–Crippen MR) is 68.9 cm³/mol. The molecule has 0 bridgehead atoms. The largest absolute Gasteiger partial charge is 0.390 e. The van der Waals surface area contributed by atoms with E-state index in [4.69, 9.17) is 0 Å². The number of amides is 1. The first kappa shape index (κ1) is 11.7. The minimum Gasteiger partial charge on any atom is -0.390 e. The van der Waals surface area contributed by atoms with Crippen LogP contribution in [0.1, 0.15) is 37.4 Å². The Labute approximate surface area is 107 Å².